The molecule has 0 saturated heterocycles. The topological polar surface area (TPSA) is 75.3 Å². The van der Waals surface area contributed by atoms with Gasteiger partial charge in [-0.15, -0.1) is 0 Å². The predicted octanol–water partition coefficient (Wildman–Crippen LogP) is 0.250. The minimum absolute atomic E-state index is 0.0396. The van der Waals surface area contributed by atoms with Crippen LogP contribution in [-0.2, 0) is 27.6 Å². The number of amides is 1. The molecule has 20 heavy (non-hydrogen) atoms. The fourth-order valence-electron chi connectivity index (χ4n) is 2.48. The van der Waals surface area contributed by atoms with Gasteiger partial charge >= 0.3 is 0 Å². The highest BCUT2D eigenvalue weighted by Crippen LogP contribution is 2.16. The molecular weight excluding hydrogens is 276 g/mol. The molecule has 1 aliphatic heterocycles. The molecule has 0 radical (unpaired) electrons. The van der Waals surface area contributed by atoms with E-state index in [9.17, 15) is 13.2 Å². The summed E-state index contributed by atoms with van der Waals surface area (Å²) in [6.07, 6.45) is 1.80. The normalized spacial score (nSPS) is 20.0. The fourth-order valence-corrected chi connectivity index (χ4v) is 3.47. The summed E-state index contributed by atoms with van der Waals surface area (Å²) in [5.41, 5.74) is 2.38. The van der Waals surface area contributed by atoms with Crippen molar-refractivity contribution >= 4 is 15.7 Å². The molecule has 1 heterocycles. The summed E-state index contributed by atoms with van der Waals surface area (Å²) >= 11 is 0. The van der Waals surface area contributed by atoms with Crippen molar-refractivity contribution < 1.29 is 13.2 Å². The van der Waals surface area contributed by atoms with Gasteiger partial charge in [-0.1, -0.05) is 24.3 Å². The van der Waals surface area contributed by atoms with Crippen LogP contribution >= 0.6 is 0 Å². The van der Waals surface area contributed by atoms with Crippen LogP contribution in [-0.4, -0.2) is 38.4 Å². The number of nitrogens with one attached hydrogen (secondary N) is 2. The molecule has 5 nitrogen and oxygen atoms in total. The van der Waals surface area contributed by atoms with Crippen molar-refractivity contribution in [3.05, 3.63) is 35.4 Å². The van der Waals surface area contributed by atoms with Gasteiger partial charge in [-0.2, -0.15) is 0 Å². The highest BCUT2D eigenvalue weighted by Gasteiger charge is 2.25. The van der Waals surface area contributed by atoms with Gasteiger partial charge in [0, 0.05) is 18.8 Å². The Kier molecular flexibility index (Phi) is 4.45. The van der Waals surface area contributed by atoms with Gasteiger partial charge in [-0.05, 0) is 24.5 Å². The Morgan fingerprint density at radius 2 is 2.05 bits per heavy atom. The number of rotatable bonds is 4. The smallest absolute Gasteiger partial charge is 0.237 e. The summed E-state index contributed by atoms with van der Waals surface area (Å²) < 4.78 is 22.4. The Hall–Kier alpha value is -1.40. The van der Waals surface area contributed by atoms with E-state index in [1.807, 2.05) is 24.3 Å². The molecule has 0 bridgehead atoms. The number of fused-ring (bicyclic) bond motifs is 1. The number of carbonyl (C=O) groups is 1. The molecule has 2 N–H and O–H groups in total. The Labute approximate surface area is 119 Å². The summed E-state index contributed by atoms with van der Waals surface area (Å²) in [5, 5.41) is 5.94. The molecule has 0 saturated carbocycles. The molecule has 0 fully saturated rings. The maximum Gasteiger partial charge on any atom is 0.237 e. The third-order valence-electron chi connectivity index (χ3n) is 3.34. The van der Waals surface area contributed by atoms with E-state index in [2.05, 4.69) is 10.6 Å². The molecule has 0 aromatic heterocycles. The lowest BCUT2D eigenvalue weighted by atomic mass is 9.95. The molecule has 2 atom stereocenters. The second-order valence-electron chi connectivity index (χ2n) is 5.41. The van der Waals surface area contributed by atoms with Crippen molar-refractivity contribution in [3.8, 4) is 0 Å². The standard InChI is InChI=1S/C14H20N2O3S/c1-10(9-20(2,18)19)16-14(17)13-7-11-5-3-4-6-12(11)8-15-13/h3-6,10,13,15H,7-9H2,1-2H3,(H,16,17)/t10?,13-/m0/s1. The van der Waals surface area contributed by atoms with E-state index in [0.29, 0.717) is 13.0 Å². The van der Waals surface area contributed by atoms with Gasteiger partial charge < -0.3 is 10.6 Å². The van der Waals surface area contributed by atoms with E-state index >= 15 is 0 Å². The van der Waals surface area contributed by atoms with Crippen molar-refractivity contribution in [2.45, 2.75) is 32.0 Å². The van der Waals surface area contributed by atoms with Crippen molar-refractivity contribution in [1.29, 1.82) is 0 Å². The number of sulfone groups is 1. The van der Waals surface area contributed by atoms with Crippen LogP contribution in [0, 0.1) is 0 Å². The zero-order valence-corrected chi connectivity index (χ0v) is 12.5. The lowest BCUT2D eigenvalue weighted by Crippen LogP contribution is -2.51. The van der Waals surface area contributed by atoms with Gasteiger partial charge in [0.1, 0.15) is 9.84 Å². The molecule has 0 aliphatic carbocycles. The van der Waals surface area contributed by atoms with Crippen LogP contribution in [0.5, 0.6) is 0 Å². The molecule has 1 unspecified atom stereocenters. The predicted molar refractivity (Wildman–Crippen MR) is 78.1 cm³/mol. The highest BCUT2D eigenvalue weighted by atomic mass is 32.2. The first kappa shape index (κ1) is 15.0. The van der Waals surface area contributed by atoms with Crippen molar-refractivity contribution in [2.24, 2.45) is 0 Å². The molecule has 0 spiro atoms. The summed E-state index contributed by atoms with van der Waals surface area (Å²) in [6, 6.07) is 7.34. The molecule has 1 aliphatic rings. The first-order chi connectivity index (χ1) is 9.35. The van der Waals surface area contributed by atoms with E-state index < -0.39 is 9.84 Å². The third kappa shape index (κ3) is 4.05. The van der Waals surface area contributed by atoms with Crippen LogP contribution < -0.4 is 10.6 Å². The van der Waals surface area contributed by atoms with Crippen LogP contribution in [0.4, 0.5) is 0 Å². The maximum absolute atomic E-state index is 12.1. The van der Waals surface area contributed by atoms with E-state index in [-0.39, 0.29) is 23.7 Å². The van der Waals surface area contributed by atoms with Gasteiger partial charge in [0.05, 0.1) is 11.8 Å². The number of carbonyl (C=O) groups excluding carboxylic acids is 1. The van der Waals surface area contributed by atoms with E-state index in [1.165, 1.54) is 17.4 Å². The molecule has 1 aromatic carbocycles. The van der Waals surface area contributed by atoms with Gasteiger partial charge in [0.25, 0.3) is 0 Å². The number of benzene rings is 1. The average Bonchev–Trinajstić information content (AvgIpc) is 2.35. The van der Waals surface area contributed by atoms with Gasteiger partial charge in [0.2, 0.25) is 5.91 Å². The highest BCUT2D eigenvalue weighted by molar-refractivity contribution is 7.90. The Morgan fingerprint density at radius 1 is 1.40 bits per heavy atom. The van der Waals surface area contributed by atoms with E-state index in [4.69, 9.17) is 0 Å². The van der Waals surface area contributed by atoms with Gasteiger partial charge in [-0.3, -0.25) is 4.79 Å². The lowest BCUT2D eigenvalue weighted by Gasteiger charge is -2.26. The monoisotopic (exact) mass is 296 g/mol. The lowest BCUT2D eigenvalue weighted by molar-refractivity contribution is -0.123. The summed E-state index contributed by atoms with van der Waals surface area (Å²) in [7, 11) is -3.08. The van der Waals surface area contributed by atoms with E-state index in [0.717, 1.165) is 0 Å². The van der Waals surface area contributed by atoms with Gasteiger partial charge in [-0.25, -0.2) is 8.42 Å². The Morgan fingerprint density at radius 3 is 2.70 bits per heavy atom. The summed E-state index contributed by atoms with van der Waals surface area (Å²) in [4.78, 5) is 12.1. The molecule has 110 valence electrons. The zero-order chi connectivity index (χ0) is 14.8. The fraction of sp³-hybridized carbons (Fsp3) is 0.500. The van der Waals surface area contributed by atoms with Gasteiger partial charge in [0.15, 0.2) is 0 Å². The summed E-state index contributed by atoms with van der Waals surface area (Å²) in [6.45, 7) is 2.37. The Balaban J connectivity index is 1.95. The van der Waals surface area contributed by atoms with Crippen LogP contribution in [0.25, 0.3) is 0 Å². The van der Waals surface area contributed by atoms with Crippen LogP contribution in [0.3, 0.4) is 0 Å². The Bertz CT molecular complexity index is 598. The average molecular weight is 296 g/mol. The second-order valence-corrected chi connectivity index (χ2v) is 7.59. The third-order valence-corrected chi connectivity index (χ3v) is 4.44. The maximum atomic E-state index is 12.1. The largest absolute Gasteiger partial charge is 0.351 e. The van der Waals surface area contributed by atoms with Crippen molar-refractivity contribution in [2.75, 3.05) is 12.0 Å². The quantitative estimate of drug-likeness (QED) is 0.835. The molecule has 2 rings (SSSR count). The SMILES string of the molecule is CC(CS(C)(=O)=O)NC(=O)[C@@H]1Cc2ccccc2CN1. The minimum Gasteiger partial charge on any atom is -0.351 e. The van der Waals surface area contributed by atoms with Crippen molar-refractivity contribution in [1.82, 2.24) is 10.6 Å². The first-order valence-electron chi connectivity index (χ1n) is 6.63. The van der Waals surface area contributed by atoms with Crippen LogP contribution in [0.15, 0.2) is 24.3 Å². The molecular formula is C14H20N2O3S. The molecule has 1 aromatic rings. The summed E-state index contributed by atoms with van der Waals surface area (Å²) in [5.74, 6) is -0.183. The van der Waals surface area contributed by atoms with Crippen LogP contribution in [0.2, 0.25) is 0 Å². The number of hydrogen-bond donors (Lipinski definition) is 2. The molecule has 1 amide bonds. The zero-order valence-electron chi connectivity index (χ0n) is 11.7. The van der Waals surface area contributed by atoms with Crippen molar-refractivity contribution in [3.63, 3.8) is 0 Å². The first-order valence-corrected chi connectivity index (χ1v) is 8.69. The second kappa shape index (κ2) is 5.93. The van der Waals surface area contributed by atoms with Crippen LogP contribution in [0.1, 0.15) is 18.1 Å². The minimum atomic E-state index is -3.08. The molecule has 6 heteroatoms. The number of hydrogen-bond acceptors (Lipinski definition) is 4. The van der Waals surface area contributed by atoms with E-state index in [1.54, 1.807) is 6.92 Å².